The largest absolute Gasteiger partial charge is 0.481 e. The van der Waals surface area contributed by atoms with E-state index in [4.69, 9.17) is 21.7 Å². The highest BCUT2D eigenvalue weighted by Crippen LogP contribution is 2.06. The molecule has 0 aliphatic rings. The van der Waals surface area contributed by atoms with Gasteiger partial charge in [0.15, 0.2) is 0 Å². The van der Waals surface area contributed by atoms with Gasteiger partial charge in [-0.25, -0.2) is 9.78 Å². The number of rotatable bonds is 18. The molecule has 0 spiro atoms. The summed E-state index contributed by atoms with van der Waals surface area (Å²) < 4.78 is 0. The van der Waals surface area contributed by atoms with Gasteiger partial charge in [0.1, 0.15) is 18.1 Å². The number of aromatic amines is 1. The van der Waals surface area contributed by atoms with Gasteiger partial charge in [0.05, 0.1) is 18.8 Å². The summed E-state index contributed by atoms with van der Waals surface area (Å²) in [4.78, 5) is 78.1. The highest BCUT2D eigenvalue weighted by Gasteiger charge is 2.31. The molecule has 0 radical (unpaired) electrons. The molecule has 16 heteroatoms. The van der Waals surface area contributed by atoms with E-state index in [9.17, 15) is 33.9 Å². The van der Waals surface area contributed by atoms with Crippen LogP contribution in [0.25, 0.3) is 0 Å². The summed E-state index contributed by atoms with van der Waals surface area (Å²) in [5.41, 5.74) is 11.6. The first-order valence-electron chi connectivity index (χ1n) is 11.4. The first-order chi connectivity index (χ1) is 17.4. The zero-order chi connectivity index (χ0) is 28.0. The minimum absolute atomic E-state index is 0.121. The fourth-order valence-corrected chi connectivity index (χ4v) is 3.20. The van der Waals surface area contributed by atoms with Crippen molar-refractivity contribution in [3.63, 3.8) is 0 Å². The minimum Gasteiger partial charge on any atom is -0.481 e. The quantitative estimate of drug-likeness (QED) is 0.0881. The van der Waals surface area contributed by atoms with Crippen LogP contribution in [-0.4, -0.2) is 91.6 Å². The molecule has 1 aromatic rings. The minimum atomic E-state index is -1.75. The number of nitrogens with one attached hydrogen (secondary N) is 4. The van der Waals surface area contributed by atoms with Crippen LogP contribution in [0.1, 0.15) is 44.2 Å². The van der Waals surface area contributed by atoms with Crippen molar-refractivity contribution in [1.29, 1.82) is 0 Å². The SMILES string of the molecule is NCCCCC(NC(=O)C(N)CCC(=O)O)C(=O)NC(Cc1cnc[nH]1)C(=O)NC(CC(=O)O)C(=O)O. The molecule has 0 saturated carbocycles. The van der Waals surface area contributed by atoms with Gasteiger partial charge in [-0.05, 0) is 32.2 Å². The van der Waals surface area contributed by atoms with Crippen molar-refractivity contribution in [2.24, 2.45) is 11.5 Å². The van der Waals surface area contributed by atoms with Crippen LogP contribution in [0.15, 0.2) is 12.5 Å². The molecule has 4 atom stereocenters. The average Bonchev–Trinajstić information content (AvgIpc) is 3.33. The lowest BCUT2D eigenvalue weighted by molar-refractivity contribution is -0.147. The van der Waals surface area contributed by atoms with Crippen molar-refractivity contribution in [2.75, 3.05) is 6.54 Å². The molecule has 1 heterocycles. The van der Waals surface area contributed by atoms with Crippen molar-refractivity contribution in [3.8, 4) is 0 Å². The zero-order valence-corrected chi connectivity index (χ0v) is 20.0. The maximum atomic E-state index is 13.1. The van der Waals surface area contributed by atoms with E-state index >= 15 is 0 Å². The fourth-order valence-electron chi connectivity index (χ4n) is 3.20. The molecule has 0 aromatic carbocycles. The topological polar surface area (TPSA) is 280 Å². The van der Waals surface area contributed by atoms with Crippen LogP contribution in [0.2, 0.25) is 0 Å². The van der Waals surface area contributed by atoms with Crippen LogP contribution in [0.4, 0.5) is 0 Å². The van der Waals surface area contributed by atoms with Gasteiger partial charge in [-0.1, -0.05) is 0 Å². The molecule has 0 aliphatic carbocycles. The van der Waals surface area contributed by atoms with Crippen molar-refractivity contribution in [3.05, 3.63) is 18.2 Å². The molecule has 1 rings (SSSR count). The number of nitrogens with zero attached hydrogens (tertiary/aromatic N) is 1. The van der Waals surface area contributed by atoms with Crippen LogP contribution in [-0.2, 0) is 35.2 Å². The van der Waals surface area contributed by atoms with Gasteiger partial charge >= 0.3 is 17.9 Å². The van der Waals surface area contributed by atoms with E-state index in [0.717, 1.165) is 0 Å². The smallest absolute Gasteiger partial charge is 0.326 e. The summed E-state index contributed by atoms with van der Waals surface area (Å²) in [6.45, 7) is 0.325. The fraction of sp³-hybridized carbons (Fsp3) is 0.571. The first kappa shape index (κ1) is 31.0. The molecule has 0 saturated heterocycles. The Bertz CT molecular complexity index is 939. The van der Waals surface area contributed by atoms with E-state index in [1.165, 1.54) is 12.5 Å². The van der Waals surface area contributed by atoms with E-state index in [2.05, 4.69) is 25.9 Å². The Morgan fingerprint density at radius 1 is 0.865 bits per heavy atom. The summed E-state index contributed by atoms with van der Waals surface area (Å²) in [6.07, 6.45) is 2.21. The molecule has 11 N–H and O–H groups in total. The van der Waals surface area contributed by atoms with Gasteiger partial charge < -0.3 is 47.7 Å². The number of amides is 3. The Balaban J connectivity index is 3.05. The second-order valence-electron chi connectivity index (χ2n) is 8.22. The normalized spacial score (nSPS) is 14.0. The van der Waals surface area contributed by atoms with Crippen LogP contribution in [0.3, 0.4) is 0 Å². The molecule has 16 nitrogen and oxygen atoms in total. The molecule has 206 valence electrons. The molecule has 0 aliphatic heterocycles. The van der Waals surface area contributed by atoms with E-state index in [1.54, 1.807) is 0 Å². The second kappa shape index (κ2) is 15.8. The van der Waals surface area contributed by atoms with E-state index in [1.807, 2.05) is 0 Å². The Kier molecular flexibility index (Phi) is 13.3. The Morgan fingerprint density at radius 2 is 1.49 bits per heavy atom. The van der Waals surface area contributed by atoms with Gasteiger partial charge in [-0.15, -0.1) is 0 Å². The third-order valence-electron chi connectivity index (χ3n) is 5.19. The van der Waals surface area contributed by atoms with Crippen molar-refractivity contribution < 1.29 is 44.1 Å². The van der Waals surface area contributed by atoms with E-state index in [-0.39, 0.29) is 25.7 Å². The number of carboxylic acid groups (broad SMARTS) is 3. The number of unbranched alkanes of at least 4 members (excludes halogenated alkanes) is 1. The van der Waals surface area contributed by atoms with Crippen LogP contribution in [0.5, 0.6) is 0 Å². The van der Waals surface area contributed by atoms with Crippen LogP contribution < -0.4 is 27.4 Å². The second-order valence-corrected chi connectivity index (χ2v) is 8.22. The number of carbonyl (C=O) groups is 6. The van der Waals surface area contributed by atoms with Crippen molar-refractivity contribution in [2.45, 2.75) is 69.1 Å². The number of imidazole rings is 1. The molecule has 3 amide bonds. The molecule has 37 heavy (non-hydrogen) atoms. The lowest BCUT2D eigenvalue weighted by Gasteiger charge is -2.25. The third kappa shape index (κ3) is 12.0. The molecular formula is C21H33N7O9. The average molecular weight is 528 g/mol. The highest BCUT2D eigenvalue weighted by atomic mass is 16.4. The summed E-state index contributed by atoms with van der Waals surface area (Å²) in [5.74, 6) is -6.71. The third-order valence-corrected chi connectivity index (χ3v) is 5.19. The van der Waals surface area contributed by atoms with Gasteiger partial charge in [0.25, 0.3) is 0 Å². The molecule has 4 unspecified atom stereocenters. The summed E-state index contributed by atoms with van der Waals surface area (Å²) in [6, 6.07) is -5.48. The van der Waals surface area contributed by atoms with Crippen LogP contribution in [0, 0.1) is 0 Å². The molecule has 1 aromatic heterocycles. The maximum absolute atomic E-state index is 13.1. The van der Waals surface area contributed by atoms with Gasteiger partial charge in [-0.3, -0.25) is 24.0 Å². The summed E-state index contributed by atoms with van der Waals surface area (Å²) in [5, 5.41) is 33.9. The van der Waals surface area contributed by atoms with Crippen molar-refractivity contribution in [1.82, 2.24) is 25.9 Å². The lowest BCUT2D eigenvalue weighted by atomic mass is 10.0. The maximum Gasteiger partial charge on any atom is 0.326 e. The molecule has 0 bridgehead atoms. The number of carboxylic acids is 3. The number of nitrogens with two attached hydrogens (primary N) is 2. The van der Waals surface area contributed by atoms with Crippen LogP contribution >= 0.6 is 0 Å². The van der Waals surface area contributed by atoms with Gasteiger partial charge in [-0.2, -0.15) is 0 Å². The lowest BCUT2D eigenvalue weighted by Crippen LogP contribution is -2.57. The predicted octanol–water partition coefficient (Wildman–Crippen LogP) is -2.71. The Labute approximate surface area is 211 Å². The number of carbonyl (C=O) groups excluding carboxylic acids is 3. The highest BCUT2D eigenvalue weighted by molar-refractivity contribution is 5.94. The molecule has 0 fully saturated rings. The first-order valence-corrected chi connectivity index (χ1v) is 11.4. The van der Waals surface area contributed by atoms with E-state index < -0.39 is 66.2 Å². The number of H-pyrrole nitrogens is 1. The Morgan fingerprint density at radius 3 is 2.03 bits per heavy atom. The zero-order valence-electron chi connectivity index (χ0n) is 20.0. The van der Waals surface area contributed by atoms with Crippen molar-refractivity contribution >= 4 is 35.6 Å². The van der Waals surface area contributed by atoms with Gasteiger partial charge in [0.2, 0.25) is 17.7 Å². The predicted molar refractivity (Wildman–Crippen MR) is 126 cm³/mol. The summed E-state index contributed by atoms with van der Waals surface area (Å²) >= 11 is 0. The van der Waals surface area contributed by atoms with E-state index in [0.29, 0.717) is 25.1 Å². The Hall–Kier alpha value is -4.05. The molecular weight excluding hydrogens is 494 g/mol. The number of hydrogen-bond acceptors (Lipinski definition) is 9. The monoisotopic (exact) mass is 527 g/mol. The summed E-state index contributed by atoms with van der Waals surface area (Å²) in [7, 11) is 0. The number of hydrogen-bond donors (Lipinski definition) is 9. The number of aromatic nitrogens is 2. The number of aliphatic carboxylic acids is 3. The standard InChI is InChI=1S/C21H33N7O9/c22-6-2-1-3-13(26-18(33)12(23)4-5-16(29)30)19(34)27-14(7-11-9-24-10-25-11)20(35)28-15(21(36)37)8-17(31)32/h9-10,12-15H,1-8,22-23H2,(H,24,25)(H,26,33)(H,27,34)(H,28,35)(H,29,30)(H,31,32)(H,36,37). The van der Waals surface area contributed by atoms with Gasteiger partial charge in [0, 0.05) is 24.7 Å².